The van der Waals surface area contributed by atoms with E-state index in [-0.39, 0.29) is 30.1 Å². The lowest BCUT2D eigenvalue weighted by atomic mass is 10.1. The van der Waals surface area contributed by atoms with Gasteiger partial charge in [0.15, 0.2) is 11.8 Å². The van der Waals surface area contributed by atoms with Crippen molar-refractivity contribution in [3.05, 3.63) is 71.8 Å². The van der Waals surface area contributed by atoms with Gasteiger partial charge in [0.2, 0.25) is 0 Å². The molecular weight excluding hydrogens is 515 g/mol. The molecule has 0 aliphatic rings. The molecule has 1 aromatic heterocycles. The van der Waals surface area contributed by atoms with Gasteiger partial charge in [0.25, 0.3) is 0 Å². The Balaban J connectivity index is 0.00000363. The van der Waals surface area contributed by atoms with E-state index in [1.165, 1.54) is 5.56 Å². The molecule has 7 nitrogen and oxygen atoms in total. The molecule has 0 amide bonds. The summed E-state index contributed by atoms with van der Waals surface area (Å²) in [5.74, 6) is 2.44. The van der Waals surface area contributed by atoms with Crippen LogP contribution < -0.4 is 15.4 Å². The summed E-state index contributed by atoms with van der Waals surface area (Å²) in [6.45, 7) is 10.1. The summed E-state index contributed by atoms with van der Waals surface area (Å²) < 4.78 is 8.09. The number of nitrogens with zero attached hydrogens (tertiary/aromatic N) is 4. The highest BCUT2D eigenvalue weighted by atomic mass is 127. The first-order valence-electron chi connectivity index (χ1n) is 10.8. The first kappa shape index (κ1) is 25.6. The molecule has 0 fully saturated rings. The van der Waals surface area contributed by atoms with Crippen molar-refractivity contribution in [3.8, 4) is 11.4 Å². The quantitative estimate of drug-likeness (QED) is 0.232. The summed E-state index contributed by atoms with van der Waals surface area (Å²) >= 11 is 0. The van der Waals surface area contributed by atoms with Crippen molar-refractivity contribution in [2.75, 3.05) is 6.54 Å². The van der Waals surface area contributed by atoms with Gasteiger partial charge in [-0.2, -0.15) is 0 Å². The van der Waals surface area contributed by atoms with Crippen LogP contribution in [-0.2, 0) is 13.1 Å². The lowest BCUT2D eigenvalue weighted by Crippen LogP contribution is -2.37. The number of hydrogen-bond acceptors (Lipinski definition) is 4. The van der Waals surface area contributed by atoms with Crippen LogP contribution in [0.2, 0.25) is 0 Å². The molecule has 0 spiro atoms. The van der Waals surface area contributed by atoms with E-state index in [2.05, 4.69) is 59.8 Å². The van der Waals surface area contributed by atoms with Crippen LogP contribution in [0.15, 0.2) is 59.9 Å². The molecule has 0 aliphatic carbocycles. The lowest BCUT2D eigenvalue weighted by Gasteiger charge is -2.17. The second kappa shape index (κ2) is 13.0. The minimum atomic E-state index is 0. The third-order valence-electron chi connectivity index (χ3n) is 4.94. The van der Waals surface area contributed by atoms with E-state index in [4.69, 9.17) is 9.73 Å². The number of hydrogen-bond donors (Lipinski definition) is 2. The molecule has 2 N–H and O–H groups in total. The number of aryl methyl sites for hydroxylation is 1. The van der Waals surface area contributed by atoms with E-state index in [9.17, 15) is 0 Å². The van der Waals surface area contributed by atoms with Crippen molar-refractivity contribution in [1.29, 1.82) is 0 Å². The maximum absolute atomic E-state index is 6.12. The maximum atomic E-state index is 6.12. The Kier molecular flexibility index (Phi) is 10.5. The van der Waals surface area contributed by atoms with Gasteiger partial charge in [-0.05, 0) is 51.0 Å². The van der Waals surface area contributed by atoms with Crippen LogP contribution >= 0.6 is 24.0 Å². The predicted molar refractivity (Wildman–Crippen MR) is 140 cm³/mol. The van der Waals surface area contributed by atoms with Crippen molar-refractivity contribution in [1.82, 2.24) is 25.4 Å². The Morgan fingerprint density at radius 3 is 2.62 bits per heavy atom. The van der Waals surface area contributed by atoms with E-state index in [0.717, 1.165) is 41.7 Å². The number of aromatic nitrogens is 3. The molecule has 8 heteroatoms. The van der Waals surface area contributed by atoms with Crippen molar-refractivity contribution < 1.29 is 4.74 Å². The molecular formula is C24H33IN6O. The minimum absolute atomic E-state index is 0. The number of para-hydroxylation sites is 1. The van der Waals surface area contributed by atoms with Gasteiger partial charge < -0.3 is 15.4 Å². The lowest BCUT2D eigenvalue weighted by molar-refractivity contribution is 0.215. The van der Waals surface area contributed by atoms with Gasteiger partial charge in [0, 0.05) is 17.8 Å². The highest BCUT2D eigenvalue weighted by Gasteiger charge is 2.10. The SMILES string of the molecule is CCNC(=NCc1ccc(C)cc1OC(C)CC)NCc1nncn1-c1ccccc1.I. The van der Waals surface area contributed by atoms with Gasteiger partial charge in [0.05, 0.1) is 19.2 Å². The van der Waals surface area contributed by atoms with Crippen LogP contribution in [0.4, 0.5) is 0 Å². The Labute approximate surface area is 207 Å². The zero-order valence-corrected chi connectivity index (χ0v) is 21.5. The number of halogens is 1. The van der Waals surface area contributed by atoms with Crippen molar-refractivity contribution in [2.45, 2.75) is 53.3 Å². The van der Waals surface area contributed by atoms with Gasteiger partial charge in [-0.3, -0.25) is 4.57 Å². The fourth-order valence-corrected chi connectivity index (χ4v) is 3.05. The smallest absolute Gasteiger partial charge is 0.191 e. The van der Waals surface area contributed by atoms with Crippen LogP contribution in [0.5, 0.6) is 5.75 Å². The number of guanidine groups is 1. The Hall–Kier alpha value is -2.62. The summed E-state index contributed by atoms with van der Waals surface area (Å²) in [6, 6.07) is 16.3. The molecule has 0 aliphatic heterocycles. The minimum Gasteiger partial charge on any atom is -0.490 e. The van der Waals surface area contributed by atoms with E-state index >= 15 is 0 Å². The molecule has 0 saturated carbocycles. The second-order valence-electron chi connectivity index (χ2n) is 7.45. The van der Waals surface area contributed by atoms with Crippen LogP contribution in [0.3, 0.4) is 0 Å². The standard InChI is InChI=1S/C24H32N6O.HI/c1-5-19(4)31-22-14-18(3)12-13-20(22)15-26-24(25-6-2)27-16-23-29-28-17-30(23)21-10-8-7-9-11-21;/h7-14,17,19H,5-6,15-16H2,1-4H3,(H2,25,26,27);1H. The van der Waals surface area contributed by atoms with E-state index in [1.54, 1.807) is 6.33 Å². The summed E-state index contributed by atoms with van der Waals surface area (Å²) in [4.78, 5) is 4.77. The Morgan fingerprint density at radius 1 is 1.12 bits per heavy atom. The monoisotopic (exact) mass is 548 g/mol. The number of nitrogens with one attached hydrogen (secondary N) is 2. The zero-order chi connectivity index (χ0) is 22.1. The second-order valence-corrected chi connectivity index (χ2v) is 7.45. The molecule has 0 saturated heterocycles. The summed E-state index contributed by atoms with van der Waals surface area (Å²) in [5.41, 5.74) is 3.27. The summed E-state index contributed by atoms with van der Waals surface area (Å²) in [6.07, 6.45) is 2.85. The maximum Gasteiger partial charge on any atom is 0.191 e. The highest BCUT2D eigenvalue weighted by Crippen LogP contribution is 2.23. The number of ether oxygens (including phenoxy) is 1. The average Bonchev–Trinajstić information content (AvgIpc) is 3.26. The molecule has 3 rings (SSSR count). The van der Waals surface area contributed by atoms with Gasteiger partial charge in [-0.25, -0.2) is 4.99 Å². The number of benzene rings is 2. The first-order chi connectivity index (χ1) is 15.1. The molecule has 0 bridgehead atoms. The van der Waals surface area contributed by atoms with Crippen LogP contribution in [0.25, 0.3) is 5.69 Å². The molecule has 2 aromatic carbocycles. The molecule has 3 aromatic rings. The van der Waals surface area contributed by atoms with Crippen molar-refractivity contribution >= 4 is 29.9 Å². The van der Waals surface area contributed by atoms with Gasteiger partial charge in [-0.15, -0.1) is 34.2 Å². The van der Waals surface area contributed by atoms with Crippen LogP contribution in [-0.4, -0.2) is 33.4 Å². The summed E-state index contributed by atoms with van der Waals surface area (Å²) in [7, 11) is 0. The topological polar surface area (TPSA) is 76.4 Å². The Bertz CT molecular complexity index is 989. The van der Waals surface area contributed by atoms with E-state index < -0.39 is 0 Å². The van der Waals surface area contributed by atoms with E-state index in [1.807, 2.05) is 41.8 Å². The molecule has 32 heavy (non-hydrogen) atoms. The van der Waals surface area contributed by atoms with Crippen molar-refractivity contribution in [2.24, 2.45) is 4.99 Å². The number of rotatable bonds is 9. The summed E-state index contributed by atoms with van der Waals surface area (Å²) in [5, 5.41) is 15.0. The molecule has 1 unspecified atom stereocenters. The molecule has 0 radical (unpaired) electrons. The predicted octanol–water partition coefficient (Wildman–Crippen LogP) is 4.63. The normalized spacial score (nSPS) is 12.1. The largest absolute Gasteiger partial charge is 0.490 e. The van der Waals surface area contributed by atoms with E-state index in [0.29, 0.717) is 13.1 Å². The fraction of sp³-hybridized carbons (Fsp3) is 0.375. The Morgan fingerprint density at radius 2 is 1.91 bits per heavy atom. The molecule has 1 heterocycles. The molecule has 1 atom stereocenters. The average molecular weight is 548 g/mol. The van der Waals surface area contributed by atoms with Crippen molar-refractivity contribution in [3.63, 3.8) is 0 Å². The van der Waals surface area contributed by atoms with Gasteiger partial charge in [0.1, 0.15) is 12.1 Å². The third kappa shape index (κ3) is 7.22. The fourth-order valence-electron chi connectivity index (χ4n) is 3.05. The highest BCUT2D eigenvalue weighted by molar-refractivity contribution is 14.0. The van der Waals surface area contributed by atoms with Gasteiger partial charge in [-0.1, -0.05) is 37.3 Å². The zero-order valence-electron chi connectivity index (χ0n) is 19.2. The molecule has 172 valence electrons. The number of aliphatic imine (C=N–C) groups is 1. The van der Waals surface area contributed by atoms with Gasteiger partial charge >= 0.3 is 0 Å². The first-order valence-corrected chi connectivity index (χ1v) is 10.8. The third-order valence-corrected chi connectivity index (χ3v) is 4.94. The van der Waals surface area contributed by atoms with Crippen LogP contribution in [0, 0.1) is 6.92 Å². The van der Waals surface area contributed by atoms with Crippen LogP contribution in [0.1, 0.15) is 44.1 Å².